The molecule has 1 fully saturated rings. The first-order valence-corrected chi connectivity index (χ1v) is 12.5. The number of aromatic nitrogens is 3. The topological polar surface area (TPSA) is 99.3 Å². The van der Waals surface area contributed by atoms with Gasteiger partial charge in [0.25, 0.3) is 5.91 Å². The Morgan fingerprint density at radius 2 is 1.71 bits per heavy atom. The van der Waals surface area contributed by atoms with Crippen molar-refractivity contribution < 1.29 is 13.2 Å². The number of rotatable bonds is 7. The summed E-state index contributed by atoms with van der Waals surface area (Å²) in [4.78, 5) is 19.0. The SMILES string of the molecule is O=C(c1ccccc1CSc1ncn[nH]1)N1CCN(S(=O)(=O)Cc2ccccc2)CC1. The molecule has 0 atom stereocenters. The van der Waals surface area contributed by atoms with E-state index in [-0.39, 0.29) is 11.7 Å². The quantitative estimate of drug-likeness (QED) is 0.547. The van der Waals surface area contributed by atoms with E-state index in [1.807, 2.05) is 54.6 Å². The van der Waals surface area contributed by atoms with Crippen molar-refractivity contribution in [2.75, 3.05) is 26.2 Å². The molecule has 8 nitrogen and oxygen atoms in total. The van der Waals surface area contributed by atoms with Crippen LogP contribution in [0.1, 0.15) is 21.5 Å². The molecular formula is C21H23N5O3S2. The second-order valence-corrected chi connectivity index (χ2v) is 10.1. The number of amides is 1. The van der Waals surface area contributed by atoms with Crippen LogP contribution in [0.4, 0.5) is 0 Å². The number of nitrogens with zero attached hydrogens (tertiary/aromatic N) is 4. The molecule has 0 radical (unpaired) electrons. The van der Waals surface area contributed by atoms with E-state index in [2.05, 4.69) is 15.2 Å². The van der Waals surface area contributed by atoms with Crippen molar-refractivity contribution in [1.29, 1.82) is 0 Å². The Morgan fingerprint density at radius 3 is 2.42 bits per heavy atom. The van der Waals surface area contributed by atoms with Gasteiger partial charge in [-0.1, -0.05) is 60.3 Å². The first-order chi connectivity index (χ1) is 15.0. The third kappa shape index (κ3) is 5.33. The summed E-state index contributed by atoms with van der Waals surface area (Å²) < 4.78 is 27.0. The van der Waals surface area contributed by atoms with Crippen LogP contribution in [0.25, 0.3) is 0 Å². The van der Waals surface area contributed by atoms with E-state index >= 15 is 0 Å². The van der Waals surface area contributed by atoms with Gasteiger partial charge in [0, 0.05) is 37.5 Å². The monoisotopic (exact) mass is 457 g/mol. The minimum Gasteiger partial charge on any atom is -0.336 e. The Hall–Kier alpha value is -2.69. The van der Waals surface area contributed by atoms with Gasteiger partial charge in [-0.05, 0) is 17.2 Å². The van der Waals surface area contributed by atoms with Crippen molar-refractivity contribution in [1.82, 2.24) is 24.4 Å². The maximum Gasteiger partial charge on any atom is 0.254 e. The first-order valence-electron chi connectivity index (χ1n) is 9.90. The molecule has 1 saturated heterocycles. The molecule has 2 heterocycles. The molecule has 0 unspecified atom stereocenters. The molecule has 10 heteroatoms. The smallest absolute Gasteiger partial charge is 0.254 e. The molecule has 1 aliphatic heterocycles. The van der Waals surface area contributed by atoms with Crippen LogP contribution < -0.4 is 0 Å². The van der Waals surface area contributed by atoms with Crippen molar-refractivity contribution in [3.8, 4) is 0 Å². The number of aromatic amines is 1. The van der Waals surface area contributed by atoms with Crippen LogP contribution in [-0.2, 0) is 21.5 Å². The molecule has 1 amide bonds. The lowest BCUT2D eigenvalue weighted by molar-refractivity contribution is 0.0697. The van der Waals surface area contributed by atoms with E-state index in [9.17, 15) is 13.2 Å². The first kappa shape index (κ1) is 21.5. The molecule has 3 aromatic rings. The van der Waals surface area contributed by atoms with Gasteiger partial charge in [0.15, 0.2) is 5.16 Å². The average Bonchev–Trinajstić information content (AvgIpc) is 3.32. The van der Waals surface area contributed by atoms with Gasteiger partial charge in [-0.2, -0.15) is 9.40 Å². The maximum absolute atomic E-state index is 13.1. The fourth-order valence-corrected chi connectivity index (χ4v) is 5.78. The van der Waals surface area contributed by atoms with E-state index in [0.717, 1.165) is 11.1 Å². The number of carbonyl (C=O) groups excluding carboxylic acids is 1. The zero-order chi connectivity index (χ0) is 21.7. The highest BCUT2D eigenvalue weighted by Gasteiger charge is 2.30. The zero-order valence-electron chi connectivity index (χ0n) is 16.8. The molecule has 1 aliphatic rings. The molecule has 0 aliphatic carbocycles. The highest BCUT2D eigenvalue weighted by Crippen LogP contribution is 2.23. The lowest BCUT2D eigenvalue weighted by Gasteiger charge is -2.34. The third-order valence-corrected chi connectivity index (χ3v) is 7.89. The number of thioether (sulfide) groups is 1. The van der Waals surface area contributed by atoms with E-state index in [4.69, 9.17) is 0 Å². The van der Waals surface area contributed by atoms with Gasteiger partial charge < -0.3 is 4.90 Å². The van der Waals surface area contributed by atoms with Crippen LogP contribution in [0.3, 0.4) is 0 Å². The highest BCUT2D eigenvalue weighted by atomic mass is 32.2. The van der Waals surface area contributed by atoms with Crippen molar-refractivity contribution >= 4 is 27.7 Å². The Balaban J connectivity index is 1.38. The lowest BCUT2D eigenvalue weighted by atomic mass is 10.1. The number of H-pyrrole nitrogens is 1. The summed E-state index contributed by atoms with van der Waals surface area (Å²) in [5, 5.41) is 7.33. The summed E-state index contributed by atoms with van der Waals surface area (Å²) in [7, 11) is -3.42. The van der Waals surface area contributed by atoms with E-state index in [1.54, 1.807) is 4.90 Å². The predicted molar refractivity (Wildman–Crippen MR) is 119 cm³/mol. The molecule has 31 heavy (non-hydrogen) atoms. The van der Waals surface area contributed by atoms with Gasteiger partial charge in [0.05, 0.1) is 5.75 Å². The number of piperazine rings is 1. The van der Waals surface area contributed by atoms with E-state index < -0.39 is 10.0 Å². The van der Waals surface area contributed by atoms with Crippen LogP contribution in [0.5, 0.6) is 0 Å². The van der Waals surface area contributed by atoms with Crippen molar-refractivity contribution in [3.05, 3.63) is 77.6 Å². The van der Waals surface area contributed by atoms with E-state index in [0.29, 0.717) is 42.7 Å². The van der Waals surface area contributed by atoms with Gasteiger partial charge in [-0.25, -0.2) is 13.4 Å². The van der Waals surface area contributed by atoms with Crippen LogP contribution in [0.15, 0.2) is 66.1 Å². The molecule has 0 spiro atoms. The minimum atomic E-state index is -3.42. The Labute approximate surface area is 185 Å². The molecular weight excluding hydrogens is 434 g/mol. The molecule has 2 aromatic carbocycles. The van der Waals surface area contributed by atoms with Gasteiger partial charge >= 0.3 is 0 Å². The number of carbonyl (C=O) groups is 1. The fourth-order valence-electron chi connectivity index (χ4n) is 3.48. The number of hydrogen-bond donors (Lipinski definition) is 1. The van der Waals surface area contributed by atoms with Crippen molar-refractivity contribution in [3.63, 3.8) is 0 Å². The second kappa shape index (κ2) is 9.63. The normalized spacial score (nSPS) is 15.2. The maximum atomic E-state index is 13.1. The Bertz CT molecular complexity index is 1110. The number of nitrogens with one attached hydrogen (secondary N) is 1. The molecule has 0 saturated carbocycles. The summed E-state index contributed by atoms with van der Waals surface area (Å²) in [5.74, 6) is 0.486. The minimum absolute atomic E-state index is 0.0243. The lowest BCUT2D eigenvalue weighted by Crippen LogP contribution is -2.50. The van der Waals surface area contributed by atoms with Gasteiger partial charge in [0.2, 0.25) is 10.0 Å². The van der Waals surface area contributed by atoms with Gasteiger partial charge in [-0.15, -0.1) is 0 Å². The standard InChI is InChI=1S/C21H23N5O3S2/c27-20(19-9-5-4-8-18(19)14-30-21-22-16-23-24-21)25-10-12-26(13-11-25)31(28,29)15-17-6-2-1-3-7-17/h1-9,16H,10-15H2,(H,22,23,24). The zero-order valence-corrected chi connectivity index (χ0v) is 18.5. The fraction of sp³-hybridized carbons (Fsp3) is 0.286. The second-order valence-electron chi connectivity index (χ2n) is 7.17. The van der Waals surface area contributed by atoms with Crippen molar-refractivity contribution in [2.24, 2.45) is 0 Å². The molecule has 1 N–H and O–H groups in total. The number of sulfonamides is 1. The Morgan fingerprint density at radius 1 is 1.00 bits per heavy atom. The summed E-state index contributed by atoms with van der Waals surface area (Å²) in [6.45, 7) is 1.35. The van der Waals surface area contributed by atoms with Crippen LogP contribution in [0, 0.1) is 0 Å². The van der Waals surface area contributed by atoms with Crippen LogP contribution >= 0.6 is 11.8 Å². The Kier molecular flexibility index (Phi) is 6.69. The largest absolute Gasteiger partial charge is 0.336 e. The highest BCUT2D eigenvalue weighted by molar-refractivity contribution is 7.98. The molecule has 162 valence electrons. The summed E-state index contributed by atoms with van der Waals surface area (Å²) in [6, 6.07) is 16.6. The predicted octanol–water partition coefficient (Wildman–Crippen LogP) is 2.38. The number of hydrogen-bond acceptors (Lipinski definition) is 6. The van der Waals surface area contributed by atoms with Crippen molar-refractivity contribution in [2.45, 2.75) is 16.7 Å². The van der Waals surface area contributed by atoms with Crippen LogP contribution in [-0.4, -0.2) is 64.9 Å². The number of benzene rings is 2. The summed E-state index contributed by atoms with van der Waals surface area (Å²) >= 11 is 1.48. The van der Waals surface area contributed by atoms with Gasteiger partial charge in [0.1, 0.15) is 6.33 Å². The molecule has 0 bridgehead atoms. The average molecular weight is 458 g/mol. The molecule has 4 rings (SSSR count). The summed E-state index contributed by atoms with van der Waals surface area (Å²) in [5.41, 5.74) is 2.31. The van der Waals surface area contributed by atoms with E-state index in [1.165, 1.54) is 22.4 Å². The third-order valence-electron chi connectivity index (χ3n) is 5.12. The van der Waals surface area contributed by atoms with Crippen LogP contribution in [0.2, 0.25) is 0 Å². The summed E-state index contributed by atoms with van der Waals surface area (Å²) in [6.07, 6.45) is 1.45. The molecule has 1 aromatic heterocycles. The van der Waals surface area contributed by atoms with Gasteiger partial charge in [-0.3, -0.25) is 9.89 Å².